The van der Waals surface area contributed by atoms with Crippen LogP contribution >= 0.6 is 0 Å². The Morgan fingerprint density at radius 3 is 1.92 bits per heavy atom. The van der Waals surface area contributed by atoms with E-state index >= 15 is 0 Å². The first-order chi connectivity index (χ1) is 5.81. The second-order valence-electron chi connectivity index (χ2n) is 3.10. The van der Waals surface area contributed by atoms with E-state index in [4.69, 9.17) is 17.5 Å². The molecule has 0 aromatic heterocycles. The molecule has 0 bridgehead atoms. The van der Waals surface area contributed by atoms with Crippen molar-refractivity contribution in [2.75, 3.05) is 0 Å². The van der Waals surface area contributed by atoms with Gasteiger partial charge >= 0.3 is 81.0 Å². The van der Waals surface area contributed by atoms with Crippen LogP contribution in [0.4, 0.5) is 0 Å². The smallest absolute Gasteiger partial charge is 0.264 e. The van der Waals surface area contributed by atoms with E-state index in [1.165, 1.54) is 53.6 Å². The van der Waals surface area contributed by atoms with Crippen LogP contribution in [-0.4, -0.2) is 45.5 Å². The van der Waals surface area contributed by atoms with E-state index in [0.717, 1.165) is 3.17 Å². The van der Waals surface area contributed by atoms with Crippen molar-refractivity contribution in [3.8, 4) is 0 Å². The van der Waals surface area contributed by atoms with E-state index in [2.05, 4.69) is 13.8 Å². The Labute approximate surface area is 98.1 Å². The molecule has 76 valence electrons. The third kappa shape index (κ3) is 32.2. The van der Waals surface area contributed by atoms with Gasteiger partial charge in [0.15, 0.2) is 0 Å². The van der Waals surface area contributed by atoms with Crippen molar-refractivity contribution in [1.82, 2.24) is 0 Å². The summed E-state index contributed by atoms with van der Waals surface area (Å²) in [5, 5.41) is 0. The first-order valence-corrected chi connectivity index (χ1v) is 7.06. The second kappa shape index (κ2) is 9.43. The summed E-state index contributed by atoms with van der Waals surface area (Å²) in [6.07, 6.45) is 5.71. The zero-order valence-corrected chi connectivity index (χ0v) is 11.3. The minimum Gasteiger partial charge on any atom is -0.264 e. The Kier molecular flexibility index (Phi) is 11.8. The van der Waals surface area contributed by atoms with E-state index in [-0.39, 0.29) is 0 Å². The molecule has 13 heavy (non-hydrogen) atoms. The fourth-order valence-electron chi connectivity index (χ4n) is 0.757. The quantitative estimate of drug-likeness (QED) is 0.560. The molecule has 0 fully saturated rings. The predicted octanol–water partition coefficient (Wildman–Crippen LogP) is 1.89. The van der Waals surface area contributed by atoms with Crippen LogP contribution in [0.5, 0.6) is 0 Å². The van der Waals surface area contributed by atoms with E-state index in [9.17, 15) is 0 Å². The molecule has 0 amide bonds. The molecule has 0 spiro atoms. The maximum atomic E-state index is 8.74. The van der Waals surface area contributed by atoms with E-state index < -0.39 is 10.4 Å². The van der Waals surface area contributed by atoms with Gasteiger partial charge in [0.25, 0.3) is 0 Å². The van der Waals surface area contributed by atoms with Gasteiger partial charge in [-0.15, -0.1) is 0 Å². The molecule has 0 aliphatic heterocycles. The van der Waals surface area contributed by atoms with Crippen molar-refractivity contribution in [3.05, 3.63) is 0 Å². The molecule has 0 heterocycles. The second-order valence-corrected chi connectivity index (χ2v) is 5.63. The summed E-state index contributed by atoms with van der Waals surface area (Å²) in [5.74, 6) is 0. The molecule has 0 aliphatic carbocycles. The van der Waals surface area contributed by atoms with Crippen molar-refractivity contribution >= 4 is 38.3 Å². The van der Waals surface area contributed by atoms with Crippen LogP contribution in [0.3, 0.4) is 0 Å². The van der Waals surface area contributed by atoms with Crippen LogP contribution in [0.15, 0.2) is 0 Å². The molecule has 0 aromatic rings. The number of rotatable bonds is 4. The van der Waals surface area contributed by atoms with Gasteiger partial charge in [-0.25, -0.2) is 0 Å². The van der Waals surface area contributed by atoms with Gasteiger partial charge in [0, 0.05) is 0 Å². The molecule has 0 radical (unpaired) electrons. The van der Waals surface area contributed by atoms with Gasteiger partial charge in [-0.1, -0.05) is 0 Å². The molecule has 0 aliphatic rings. The summed E-state index contributed by atoms with van der Waals surface area (Å²) < 4.78 is 32.7. The van der Waals surface area contributed by atoms with Gasteiger partial charge in [-0.3, -0.25) is 9.11 Å². The molecule has 0 saturated carbocycles. The van der Waals surface area contributed by atoms with Crippen molar-refractivity contribution in [2.45, 2.75) is 42.7 Å². The normalized spacial score (nSPS) is 13.1. The average Bonchev–Trinajstić information content (AvgIpc) is 1.97. The largest absolute Gasteiger partial charge is 0.394 e. The molecule has 0 saturated heterocycles. The fourth-order valence-corrected chi connectivity index (χ4v) is 1.16. The van der Waals surface area contributed by atoms with Crippen molar-refractivity contribution < 1.29 is 17.5 Å². The monoisotopic (exact) mass is 220 g/mol. The van der Waals surface area contributed by atoms with Gasteiger partial charge in [0.2, 0.25) is 0 Å². The van der Waals surface area contributed by atoms with E-state index in [1.54, 1.807) is 0 Å². The van der Waals surface area contributed by atoms with Gasteiger partial charge in [-0.2, -0.15) is 8.42 Å². The van der Waals surface area contributed by atoms with Gasteiger partial charge in [-0.05, 0) is 0 Å². The van der Waals surface area contributed by atoms with Crippen LogP contribution in [0.25, 0.3) is 0 Å². The molecule has 0 rings (SSSR count). The number of hydrogen-bond acceptors (Lipinski definition) is 2. The molecule has 1 unspecified atom stereocenters. The van der Waals surface area contributed by atoms with Crippen molar-refractivity contribution in [2.24, 2.45) is 0 Å². The van der Waals surface area contributed by atoms with Gasteiger partial charge in [0.1, 0.15) is 0 Å². The Bertz CT molecular complexity index is 183. The van der Waals surface area contributed by atoms with Crippen LogP contribution in [0.2, 0.25) is 3.17 Å². The molecular weight excluding hydrogens is 203 g/mol. The molecule has 1 atom stereocenters. The van der Waals surface area contributed by atoms with Crippen LogP contribution in [-0.2, 0) is 10.4 Å². The summed E-state index contributed by atoms with van der Waals surface area (Å²) in [4.78, 5) is 0. The van der Waals surface area contributed by atoms with E-state index in [1.807, 2.05) is 0 Å². The summed E-state index contributed by atoms with van der Waals surface area (Å²) in [6.45, 7) is 4.57. The topological polar surface area (TPSA) is 74.6 Å². The standard InChI is InChI=1S/C7H15.Na.H2O4S/c1-3-5-7-6-4-2;;1-5(2,3)4/h5H,3-4,6-7H2,1-2H3;;(H2,1,2,3,4). The maximum absolute atomic E-state index is 8.74. The third-order valence-electron chi connectivity index (χ3n) is 1.75. The van der Waals surface area contributed by atoms with Crippen LogP contribution in [0.1, 0.15) is 39.5 Å². The number of unbranched alkanes of at least 4 members (excludes halogenated alkanes) is 1. The molecular formula is C7H17NaO4S. The van der Waals surface area contributed by atoms with E-state index in [0.29, 0.717) is 0 Å². The summed E-state index contributed by atoms with van der Waals surface area (Å²) in [5.41, 5.74) is 0. The van der Waals surface area contributed by atoms with Gasteiger partial charge < -0.3 is 0 Å². The average molecular weight is 220 g/mol. The fraction of sp³-hybridized carbons (Fsp3) is 1.00. The summed E-state index contributed by atoms with van der Waals surface area (Å²) >= 11 is 1.40. The SMILES string of the molecule is CCCC[CH]([Na])CC.O=S(=O)(O)O. The van der Waals surface area contributed by atoms with Gasteiger partial charge in [0.05, 0.1) is 0 Å². The van der Waals surface area contributed by atoms with Crippen molar-refractivity contribution in [1.29, 1.82) is 0 Å². The molecule has 4 nitrogen and oxygen atoms in total. The molecule has 2 N–H and O–H groups in total. The first-order valence-electron chi connectivity index (χ1n) is 4.51. The first kappa shape index (κ1) is 16.3. The van der Waals surface area contributed by atoms with Crippen LogP contribution in [0, 0.1) is 0 Å². The minimum absolute atomic E-state index is 1.09. The molecule has 0 aromatic carbocycles. The Balaban J connectivity index is 0. The minimum atomic E-state index is -4.67. The summed E-state index contributed by atoms with van der Waals surface area (Å²) in [6, 6.07) is 0. The Morgan fingerprint density at radius 1 is 1.31 bits per heavy atom. The number of hydrogen-bond donors (Lipinski definition) is 2. The Hall–Kier alpha value is 0.870. The zero-order valence-electron chi connectivity index (χ0n) is 8.52. The van der Waals surface area contributed by atoms with Crippen LogP contribution < -0.4 is 0 Å². The third-order valence-corrected chi connectivity index (χ3v) is 3.14. The Morgan fingerprint density at radius 2 is 1.69 bits per heavy atom. The zero-order chi connectivity index (χ0) is 10.9. The molecule has 6 heteroatoms. The predicted molar refractivity (Wildman–Crippen MR) is 53.5 cm³/mol. The maximum Gasteiger partial charge on any atom is 0.394 e. The summed E-state index contributed by atoms with van der Waals surface area (Å²) in [7, 11) is -4.67. The van der Waals surface area contributed by atoms with Crippen molar-refractivity contribution in [3.63, 3.8) is 0 Å².